The van der Waals surface area contributed by atoms with Crippen molar-refractivity contribution in [2.45, 2.75) is 45.6 Å². The largest absolute Gasteiger partial charge is 0.368 e. The number of carbonyl (C=O) groups is 3. The van der Waals surface area contributed by atoms with Gasteiger partial charge in [-0.15, -0.1) is 0 Å². The molecule has 0 unspecified atom stereocenters. The minimum atomic E-state index is -0.776. The molecular formula is C11H18N2O3. The molecule has 1 saturated heterocycles. The highest BCUT2D eigenvalue weighted by molar-refractivity contribution is 6.06. The molecule has 1 aliphatic heterocycles. The standard InChI is InChI=1S/C11H18N2O3/c1-3-5-7-6-9(14)13(11(7)16)8(4-2)10(12)15/h7-8H,3-6H2,1-2H3,(H2,12,15)/t7-,8-/m0/s1. The molecule has 0 aromatic heterocycles. The summed E-state index contributed by atoms with van der Waals surface area (Å²) in [6.45, 7) is 3.70. The quantitative estimate of drug-likeness (QED) is 0.690. The highest BCUT2D eigenvalue weighted by atomic mass is 16.2. The van der Waals surface area contributed by atoms with Crippen LogP contribution in [0.3, 0.4) is 0 Å². The fourth-order valence-corrected chi connectivity index (χ4v) is 2.13. The molecule has 2 N–H and O–H groups in total. The topological polar surface area (TPSA) is 80.5 Å². The number of amides is 3. The monoisotopic (exact) mass is 226 g/mol. The van der Waals surface area contributed by atoms with E-state index in [1.165, 1.54) is 0 Å². The van der Waals surface area contributed by atoms with Crippen molar-refractivity contribution in [2.75, 3.05) is 0 Å². The third-order valence-corrected chi connectivity index (χ3v) is 2.94. The van der Waals surface area contributed by atoms with E-state index in [-0.39, 0.29) is 24.2 Å². The molecule has 0 aromatic carbocycles. The number of hydrogen-bond acceptors (Lipinski definition) is 3. The van der Waals surface area contributed by atoms with Crippen molar-refractivity contribution in [2.24, 2.45) is 11.7 Å². The predicted octanol–water partition coefficient (Wildman–Crippen LogP) is 0.425. The molecule has 16 heavy (non-hydrogen) atoms. The number of nitrogens with zero attached hydrogens (tertiary/aromatic N) is 1. The number of primary amides is 1. The Balaban J connectivity index is 2.84. The smallest absolute Gasteiger partial charge is 0.240 e. The molecule has 90 valence electrons. The first-order valence-electron chi connectivity index (χ1n) is 5.68. The van der Waals surface area contributed by atoms with Crippen molar-refractivity contribution in [1.29, 1.82) is 0 Å². The molecule has 1 fully saturated rings. The molecule has 1 heterocycles. The van der Waals surface area contributed by atoms with Crippen LogP contribution < -0.4 is 5.73 Å². The molecule has 1 aliphatic rings. The first-order chi connectivity index (χ1) is 7.52. The van der Waals surface area contributed by atoms with Crippen molar-refractivity contribution in [3.05, 3.63) is 0 Å². The molecule has 0 aromatic rings. The van der Waals surface area contributed by atoms with Gasteiger partial charge in [0, 0.05) is 12.3 Å². The Kier molecular flexibility index (Phi) is 4.04. The molecule has 0 saturated carbocycles. The van der Waals surface area contributed by atoms with E-state index in [9.17, 15) is 14.4 Å². The Morgan fingerprint density at radius 1 is 1.50 bits per heavy atom. The molecule has 5 heteroatoms. The summed E-state index contributed by atoms with van der Waals surface area (Å²) >= 11 is 0. The molecule has 0 radical (unpaired) electrons. The molecule has 1 rings (SSSR count). The van der Waals surface area contributed by atoms with Gasteiger partial charge < -0.3 is 5.73 Å². The minimum Gasteiger partial charge on any atom is -0.368 e. The molecule has 0 spiro atoms. The van der Waals surface area contributed by atoms with Crippen molar-refractivity contribution in [3.8, 4) is 0 Å². The second-order valence-corrected chi connectivity index (χ2v) is 4.12. The minimum absolute atomic E-state index is 0.219. The number of likely N-dealkylation sites (tertiary alicyclic amines) is 1. The van der Waals surface area contributed by atoms with Gasteiger partial charge in [-0.2, -0.15) is 0 Å². The van der Waals surface area contributed by atoms with Crippen LogP contribution in [-0.4, -0.2) is 28.7 Å². The zero-order valence-corrected chi connectivity index (χ0v) is 9.73. The summed E-state index contributed by atoms with van der Waals surface area (Å²) in [5.74, 6) is -1.38. The normalized spacial score (nSPS) is 22.6. The third-order valence-electron chi connectivity index (χ3n) is 2.94. The van der Waals surface area contributed by atoms with Crippen LogP contribution in [0.1, 0.15) is 39.5 Å². The van der Waals surface area contributed by atoms with Crippen LogP contribution in [0.2, 0.25) is 0 Å². The lowest BCUT2D eigenvalue weighted by Crippen LogP contribution is -2.47. The van der Waals surface area contributed by atoms with Gasteiger partial charge in [0.1, 0.15) is 6.04 Å². The van der Waals surface area contributed by atoms with Crippen molar-refractivity contribution in [1.82, 2.24) is 4.90 Å². The Bertz CT molecular complexity index is 314. The third kappa shape index (κ3) is 2.23. The summed E-state index contributed by atoms with van der Waals surface area (Å²) < 4.78 is 0. The van der Waals surface area contributed by atoms with E-state index in [2.05, 4.69) is 0 Å². The lowest BCUT2D eigenvalue weighted by Gasteiger charge is -2.22. The number of hydrogen-bond donors (Lipinski definition) is 1. The van der Waals surface area contributed by atoms with Gasteiger partial charge in [0.15, 0.2) is 0 Å². The Morgan fingerprint density at radius 2 is 2.12 bits per heavy atom. The maximum atomic E-state index is 11.9. The molecule has 0 aliphatic carbocycles. The van der Waals surface area contributed by atoms with E-state index < -0.39 is 11.9 Å². The predicted molar refractivity (Wildman–Crippen MR) is 58.1 cm³/mol. The Hall–Kier alpha value is -1.39. The summed E-state index contributed by atoms with van der Waals surface area (Å²) in [5, 5.41) is 0. The maximum absolute atomic E-state index is 11.9. The van der Waals surface area contributed by atoms with Crippen molar-refractivity contribution in [3.63, 3.8) is 0 Å². The number of imide groups is 1. The van der Waals surface area contributed by atoms with Gasteiger partial charge in [0.25, 0.3) is 0 Å². The van der Waals surface area contributed by atoms with Crippen LogP contribution in [0.4, 0.5) is 0 Å². The summed E-state index contributed by atoms with van der Waals surface area (Å²) in [6.07, 6.45) is 2.14. The van der Waals surface area contributed by atoms with Gasteiger partial charge in [0.2, 0.25) is 17.7 Å². The van der Waals surface area contributed by atoms with Crippen LogP contribution in [0, 0.1) is 5.92 Å². The average Bonchev–Trinajstić information content (AvgIpc) is 2.47. The fourth-order valence-electron chi connectivity index (χ4n) is 2.13. The molecule has 5 nitrogen and oxygen atoms in total. The van der Waals surface area contributed by atoms with Crippen LogP contribution in [0.15, 0.2) is 0 Å². The van der Waals surface area contributed by atoms with Crippen molar-refractivity contribution >= 4 is 17.7 Å². The molecule has 2 atom stereocenters. The summed E-state index contributed by atoms with van der Waals surface area (Å²) in [7, 11) is 0. The first-order valence-corrected chi connectivity index (χ1v) is 5.68. The molecule has 3 amide bonds. The number of rotatable bonds is 5. The van der Waals surface area contributed by atoms with Crippen molar-refractivity contribution < 1.29 is 14.4 Å². The first kappa shape index (κ1) is 12.7. The molecule has 0 bridgehead atoms. The average molecular weight is 226 g/mol. The summed E-state index contributed by atoms with van der Waals surface area (Å²) in [4.78, 5) is 35.8. The van der Waals surface area contributed by atoms with Crippen LogP contribution >= 0.6 is 0 Å². The number of carbonyl (C=O) groups excluding carboxylic acids is 3. The van der Waals surface area contributed by atoms with Gasteiger partial charge in [-0.3, -0.25) is 19.3 Å². The zero-order chi connectivity index (χ0) is 12.3. The van der Waals surface area contributed by atoms with Gasteiger partial charge >= 0.3 is 0 Å². The SMILES string of the molecule is CCC[C@H]1CC(=O)N([C@@H](CC)C(N)=O)C1=O. The van der Waals surface area contributed by atoms with E-state index in [1.54, 1.807) is 6.92 Å². The fraction of sp³-hybridized carbons (Fsp3) is 0.727. The van der Waals surface area contributed by atoms with E-state index >= 15 is 0 Å². The highest BCUT2D eigenvalue weighted by Crippen LogP contribution is 2.26. The second kappa shape index (κ2) is 5.09. The molecular weight excluding hydrogens is 208 g/mol. The van der Waals surface area contributed by atoms with Gasteiger partial charge in [-0.05, 0) is 12.8 Å². The Labute approximate surface area is 95.0 Å². The van der Waals surface area contributed by atoms with E-state index in [0.717, 1.165) is 11.3 Å². The maximum Gasteiger partial charge on any atom is 0.240 e. The zero-order valence-electron chi connectivity index (χ0n) is 9.73. The summed E-state index contributed by atoms with van der Waals surface area (Å²) in [6, 6.07) is -0.776. The number of nitrogens with two attached hydrogens (primary N) is 1. The van der Waals surface area contributed by atoms with Crippen LogP contribution in [-0.2, 0) is 14.4 Å². The van der Waals surface area contributed by atoms with Crippen LogP contribution in [0.5, 0.6) is 0 Å². The van der Waals surface area contributed by atoms with Gasteiger partial charge in [0.05, 0.1) is 0 Å². The van der Waals surface area contributed by atoms with Crippen LogP contribution in [0.25, 0.3) is 0 Å². The Morgan fingerprint density at radius 3 is 2.56 bits per heavy atom. The van der Waals surface area contributed by atoms with E-state index in [1.807, 2.05) is 6.92 Å². The van der Waals surface area contributed by atoms with Gasteiger partial charge in [-0.1, -0.05) is 20.3 Å². The lowest BCUT2D eigenvalue weighted by molar-refractivity contribution is -0.146. The summed E-state index contributed by atoms with van der Waals surface area (Å²) in [5.41, 5.74) is 5.19. The van der Waals surface area contributed by atoms with Gasteiger partial charge in [-0.25, -0.2) is 0 Å². The van der Waals surface area contributed by atoms with E-state index in [4.69, 9.17) is 5.73 Å². The van der Waals surface area contributed by atoms with E-state index in [0.29, 0.717) is 12.8 Å². The lowest BCUT2D eigenvalue weighted by atomic mass is 10.0. The highest BCUT2D eigenvalue weighted by Gasteiger charge is 2.42. The second-order valence-electron chi connectivity index (χ2n) is 4.12.